The maximum absolute atomic E-state index is 11.5. The van der Waals surface area contributed by atoms with Crippen LogP contribution in [-0.4, -0.2) is 33.6 Å². The van der Waals surface area contributed by atoms with Crippen LogP contribution >= 0.6 is 0 Å². The van der Waals surface area contributed by atoms with E-state index in [-0.39, 0.29) is 13.6 Å². The fourth-order valence-electron chi connectivity index (χ4n) is 2.29. The van der Waals surface area contributed by atoms with Crippen molar-refractivity contribution in [3.8, 4) is 22.6 Å². The Kier molecular flexibility index (Phi) is 7.26. The summed E-state index contributed by atoms with van der Waals surface area (Å²) in [5.41, 5.74) is 2.06. The largest absolute Gasteiger partial charge is 0.493 e. The molecule has 0 spiro atoms. The number of para-hydroxylation sites is 1. The number of ether oxygens (including phenoxy) is 4. The Morgan fingerprint density at radius 2 is 1.75 bits per heavy atom. The van der Waals surface area contributed by atoms with E-state index in [1.807, 2.05) is 43.3 Å². The summed E-state index contributed by atoms with van der Waals surface area (Å²) < 4.78 is 21.5. The van der Waals surface area contributed by atoms with Gasteiger partial charge in [-0.05, 0) is 18.6 Å². The fraction of sp³-hybridized carbons (Fsp3) is 0.316. The van der Waals surface area contributed by atoms with Gasteiger partial charge in [0.15, 0.2) is 13.1 Å². The second-order valence-electron chi connectivity index (χ2n) is 5.06. The highest BCUT2D eigenvalue weighted by Crippen LogP contribution is 2.38. The van der Waals surface area contributed by atoms with Crippen molar-refractivity contribution < 1.29 is 23.7 Å². The van der Waals surface area contributed by atoms with Crippen molar-refractivity contribution in [1.82, 2.24) is 0 Å². The van der Waals surface area contributed by atoms with Crippen LogP contribution in [0.4, 0.5) is 0 Å². The molecule has 0 saturated heterocycles. The Labute approximate surface area is 142 Å². The van der Waals surface area contributed by atoms with E-state index < -0.39 is 0 Å². The Bertz CT molecular complexity index is 654. The van der Waals surface area contributed by atoms with Crippen LogP contribution in [0.15, 0.2) is 42.5 Å². The number of aldehydes is 1. The van der Waals surface area contributed by atoms with Crippen LogP contribution in [0.5, 0.6) is 11.5 Å². The predicted octanol–water partition coefficient (Wildman–Crippen LogP) is 3.91. The third-order valence-corrected chi connectivity index (χ3v) is 3.30. The number of rotatable bonds is 10. The highest BCUT2D eigenvalue weighted by atomic mass is 16.7. The van der Waals surface area contributed by atoms with Gasteiger partial charge in [-0.1, -0.05) is 37.3 Å². The highest BCUT2D eigenvalue weighted by Gasteiger charge is 2.15. The summed E-state index contributed by atoms with van der Waals surface area (Å²) in [5.74, 6) is 1.28. The first-order valence-electron chi connectivity index (χ1n) is 7.81. The van der Waals surface area contributed by atoms with Crippen LogP contribution in [0.3, 0.4) is 0 Å². The van der Waals surface area contributed by atoms with E-state index in [2.05, 4.69) is 0 Å². The van der Waals surface area contributed by atoms with Crippen LogP contribution in [0.1, 0.15) is 23.7 Å². The zero-order valence-corrected chi connectivity index (χ0v) is 14.0. The smallest absolute Gasteiger partial charge is 0.191 e. The van der Waals surface area contributed by atoms with Gasteiger partial charge in [-0.3, -0.25) is 4.79 Å². The highest BCUT2D eigenvalue weighted by molar-refractivity contribution is 5.92. The molecule has 0 amide bonds. The first-order valence-corrected chi connectivity index (χ1v) is 7.81. The molecule has 0 bridgehead atoms. The van der Waals surface area contributed by atoms with Crippen molar-refractivity contribution in [3.63, 3.8) is 0 Å². The van der Waals surface area contributed by atoms with E-state index in [0.717, 1.165) is 23.8 Å². The summed E-state index contributed by atoms with van der Waals surface area (Å²) >= 11 is 0. The summed E-state index contributed by atoms with van der Waals surface area (Å²) in [6.07, 6.45) is 1.71. The first-order chi connectivity index (χ1) is 11.8. The SMILES string of the molecule is CCCOc1cccc(C=O)c1-c1ccccc1OCOCOC. The van der Waals surface area contributed by atoms with Gasteiger partial charge in [0.05, 0.1) is 6.61 Å². The number of methoxy groups -OCH3 is 1. The minimum Gasteiger partial charge on any atom is -0.493 e. The third-order valence-electron chi connectivity index (χ3n) is 3.30. The number of hydrogen-bond acceptors (Lipinski definition) is 5. The van der Waals surface area contributed by atoms with E-state index >= 15 is 0 Å². The average Bonchev–Trinajstić information content (AvgIpc) is 2.63. The molecule has 0 aliphatic carbocycles. The second kappa shape index (κ2) is 9.70. The lowest BCUT2D eigenvalue weighted by Gasteiger charge is -2.16. The number of benzene rings is 2. The molecule has 128 valence electrons. The molecular weight excluding hydrogens is 308 g/mol. The topological polar surface area (TPSA) is 54.0 Å². The van der Waals surface area contributed by atoms with Crippen LogP contribution in [-0.2, 0) is 9.47 Å². The molecule has 2 rings (SSSR count). The molecule has 0 heterocycles. The van der Waals surface area contributed by atoms with E-state index in [1.54, 1.807) is 13.2 Å². The van der Waals surface area contributed by atoms with Crippen LogP contribution in [0.25, 0.3) is 11.1 Å². The summed E-state index contributed by atoms with van der Waals surface area (Å²) in [5, 5.41) is 0. The molecular formula is C19H22O5. The summed E-state index contributed by atoms with van der Waals surface area (Å²) in [7, 11) is 1.55. The van der Waals surface area contributed by atoms with Crippen molar-refractivity contribution in [2.24, 2.45) is 0 Å². The molecule has 0 aliphatic rings. The van der Waals surface area contributed by atoms with E-state index in [4.69, 9.17) is 18.9 Å². The average molecular weight is 330 g/mol. The van der Waals surface area contributed by atoms with Gasteiger partial charge in [-0.25, -0.2) is 0 Å². The minimum atomic E-state index is 0.0548. The number of carbonyl (C=O) groups is 1. The number of hydrogen-bond donors (Lipinski definition) is 0. The Morgan fingerprint density at radius 1 is 0.958 bits per heavy atom. The van der Waals surface area contributed by atoms with Gasteiger partial charge in [-0.2, -0.15) is 0 Å². The standard InChI is InChI=1S/C19H22O5/c1-3-11-23-18-10-6-7-15(12-20)19(18)16-8-4-5-9-17(16)24-14-22-13-21-2/h4-10,12H,3,11,13-14H2,1-2H3. The van der Waals surface area contributed by atoms with Crippen molar-refractivity contribution in [1.29, 1.82) is 0 Å². The molecule has 0 atom stereocenters. The van der Waals surface area contributed by atoms with Crippen LogP contribution in [0.2, 0.25) is 0 Å². The van der Waals surface area contributed by atoms with Crippen molar-refractivity contribution in [3.05, 3.63) is 48.0 Å². The molecule has 2 aromatic carbocycles. The molecule has 0 N–H and O–H groups in total. The summed E-state index contributed by atoms with van der Waals surface area (Å²) in [4.78, 5) is 11.5. The Hall–Kier alpha value is -2.37. The molecule has 0 aliphatic heterocycles. The molecule has 0 aromatic heterocycles. The normalized spacial score (nSPS) is 10.4. The van der Waals surface area contributed by atoms with Gasteiger partial charge in [0.2, 0.25) is 0 Å². The van der Waals surface area contributed by atoms with Crippen molar-refractivity contribution in [2.45, 2.75) is 13.3 Å². The third kappa shape index (κ3) is 4.57. The molecule has 0 fully saturated rings. The van der Waals surface area contributed by atoms with Crippen molar-refractivity contribution >= 4 is 6.29 Å². The second-order valence-corrected chi connectivity index (χ2v) is 5.06. The lowest BCUT2D eigenvalue weighted by atomic mass is 9.98. The summed E-state index contributed by atoms with van der Waals surface area (Å²) in [6.45, 7) is 2.82. The predicted molar refractivity (Wildman–Crippen MR) is 91.5 cm³/mol. The quantitative estimate of drug-likeness (QED) is 0.375. The molecule has 5 nitrogen and oxygen atoms in total. The Morgan fingerprint density at radius 3 is 2.50 bits per heavy atom. The van der Waals surface area contributed by atoms with Gasteiger partial charge in [0.25, 0.3) is 0 Å². The lowest BCUT2D eigenvalue weighted by molar-refractivity contribution is -0.0833. The molecule has 24 heavy (non-hydrogen) atoms. The van der Waals surface area contributed by atoms with Gasteiger partial charge < -0.3 is 18.9 Å². The fourth-order valence-corrected chi connectivity index (χ4v) is 2.29. The van der Waals surface area contributed by atoms with Crippen LogP contribution in [0, 0.1) is 0 Å². The minimum absolute atomic E-state index is 0.0548. The zero-order valence-electron chi connectivity index (χ0n) is 14.0. The van der Waals surface area contributed by atoms with Crippen molar-refractivity contribution in [2.75, 3.05) is 27.3 Å². The van der Waals surface area contributed by atoms with Gasteiger partial charge in [0, 0.05) is 23.8 Å². The van der Waals surface area contributed by atoms with Gasteiger partial charge >= 0.3 is 0 Å². The maximum Gasteiger partial charge on any atom is 0.191 e. The molecule has 0 unspecified atom stereocenters. The summed E-state index contributed by atoms with van der Waals surface area (Å²) in [6, 6.07) is 12.9. The van der Waals surface area contributed by atoms with E-state index in [1.165, 1.54) is 0 Å². The zero-order chi connectivity index (χ0) is 17.2. The maximum atomic E-state index is 11.5. The number of carbonyl (C=O) groups excluding carboxylic acids is 1. The van der Waals surface area contributed by atoms with E-state index in [0.29, 0.717) is 23.7 Å². The first kappa shape index (κ1) is 18.0. The molecule has 0 saturated carbocycles. The van der Waals surface area contributed by atoms with Gasteiger partial charge in [0.1, 0.15) is 18.3 Å². The monoisotopic (exact) mass is 330 g/mol. The molecule has 2 aromatic rings. The lowest BCUT2D eigenvalue weighted by Crippen LogP contribution is -2.06. The Balaban J connectivity index is 2.37. The molecule has 0 radical (unpaired) electrons. The molecule has 5 heteroatoms. The van der Waals surface area contributed by atoms with Crippen LogP contribution < -0.4 is 9.47 Å². The van der Waals surface area contributed by atoms with Gasteiger partial charge in [-0.15, -0.1) is 0 Å². The van der Waals surface area contributed by atoms with E-state index in [9.17, 15) is 4.79 Å².